The Labute approximate surface area is 165 Å². The molecule has 0 radical (unpaired) electrons. The highest BCUT2D eigenvalue weighted by atomic mass is 19.4. The molecule has 160 valence electrons. The fraction of sp³-hybridized carbons (Fsp3) is 0.737. The molecule has 2 rings (SSSR count). The monoisotopic (exact) mass is 403 g/mol. The third-order valence-corrected chi connectivity index (χ3v) is 4.91. The SMILES string of the molecule is CCNC(=NCC(c1ccco1)N(CC)CC)NC1CCN(CC(F)(F)F)C1. The first-order chi connectivity index (χ1) is 13.4. The first kappa shape index (κ1) is 22.5. The molecule has 2 heterocycles. The lowest BCUT2D eigenvalue weighted by atomic mass is 10.2. The lowest BCUT2D eigenvalue weighted by Crippen LogP contribution is -2.45. The van der Waals surface area contributed by atoms with Crippen molar-refractivity contribution in [3.63, 3.8) is 0 Å². The Morgan fingerprint density at radius 3 is 2.68 bits per heavy atom. The lowest BCUT2D eigenvalue weighted by Gasteiger charge is -2.27. The Morgan fingerprint density at radius 2 is 2.11 bits per heavy atom. The number of halogens is 3. The van der Waals surface area contributed by atoms with Crippen LogP contribution in [0.4, 0.5) is 13.2 Å². The van der Waals surface area contributed by atoms with E-state index >= 15 is 0 Å². The molecule has 28 heavy (non-hydrogen) atoms. The molecule has 0 spiro atoms. The van der Waals surface area contributed by atoms with Crippen LogP contribution >= 0.6 is 0 Å². The van der Waals surface area contributed by atoms with Crippen molar-refractivity contribution in [1.29, 1.82) is 0 Å². The lowest BCUT2D eigenvalue weighted by molar-refractivity contribution is -0.143. The highest BCUT2D eigenvalue weighted by molar-refractivity contribution is 5.80. The highest BCUT2D eigenvalue weighted by Gasteiger charge is 2.34. The van der Waals surface area contributed by atoms with E-state index in [0.29, 0.717) is 38.6 Å². The summed E-state index contributed by atoms with van der Waals surface area (Å²) in [5.41, 5.74) is 0. The van der Waals surface area contributed by atoms with E-state index in [-0.39, 0.29) is 12.1 Å². The molecule has 0 bridgehead atoms. The fourth-order valence-electron chi connectivity index (χ4n) is 3.57. The molecule has 0 saturated carbocycles. The molecule has 6 nitrogen and oxygen atoms in total. The molecule has 1 fully saturated rings. The van der Waals surface area contributed by atoms with Gasteiger partial charge in [0.25, 0.3) is 0 Å². The minimum Gasteiger partial charge on any atom is -0.468 e. The van der Waals surface area contributed by atoms with Crippen LogP contribution < -0.4 is 10.6 Å². The van der Waals surface area contributed by atoms with Gasteiger partial charge in [0, 0.05) is 25.7 Å². The molecule has 2 atom stereocenters. The van der Waals surface area contributed by atoms with Gasteiger partial charge in [0.2, 0.25) is 0 Å². The van der Waals surface area contributed by atoms with Gasteiger partial charge in [-0.15, -0.1) is 0 Å². The number of alkyl halides is 3. The Hall–Kier alpha value is -1.74. The van der Waals surface area contributed by atoms with Crippen LogP contribution in [0.25, 0.3) is 0 Å². The summed E-state index contributed by atoms with van der Waals surface area (Å²) >= 11 is 0. The second kappa shape index (κ2) is 10.7. The molecule has 1 aliphatic rings. The normalized spacial score (nSPS) is 20.0. The van der Waals surface area contributed by atoms with Gasteiger partial charge < -0.3 is 15.1 Å². The predicted molar refractivity (Wildman–Crippen MR) is 104 cm³/mol. The molecule has 1 aromatic heterocycles. The summed E-state index contributed by atoms with van der Waals surface area (Å²) in [4.78, 5) is 8.41. The van der Waals surface area contributed by atoms with Crippen LogP contribution in [0, 0.1) is 0 Å². The zero-order valence-electron chi connectivity index (χ0n) is 16.9. The Balaban J connectivity index is 2.00. The van der Waals surface area contributed by atoms with Crippen LogP contribution in [-0.4, -0.2) is 73.8 Å². The first-order valence-corrected chi connectivity index (χ1v) is 9.97. The predicted octanol–water partition coefficient (Wildman–Crippen LogP) is 2.85. The van der Waals surface area contributed by atoms with E-state index in [9.17, 15) is 13.2 Å². The van der Waals surface area contributed by atoms with Gasteiger partial charge in [-0.1, -0.05) is 13.8 Å². The molecular weight excluding hydrogens is 371 g/mol. The van der Waals surface area contributed by atoms with E-state index in [1.807, 2.05) is 19.1 Å². The zero-order valence-corrected chi connectivity index (χ0v) is 16.9. The van der Waals surface area contributed by atoms with Gasteiger partial charge >= 0.3 is 6.18 Å². The molecular formula is C19H32F3N5O. The van der Waals surface area contributed by atoms with Gasteiger partial charge in [-0.2, -0.15) is 13.2 Å². The van der Waals surface area contributed by atoms with Crippen molar-refractivity contribution in [3.8, 4) is 0 Å². The van der Waals surface area contributed by atoms with Crippen molar-refractivity contribution >= 4 is 5.96 Å². The molecule has 2 N–H and O–H groups in total. The maximum absolute atomic E-state index is 12.6. The fourth-order valence-corrected chi connectivity index (χ4v) is 3.57. The number of aliphatic imine (C=N–C) groups is 1. The Bertz CT molecular complexity index is 587. The van der Waals surface area contributed by atoms with Crippen LogP contribution in [0.2, 0.25) is 0 Å². The molecule has 1 saturated heterocycles. The molecule has 0 amide bonds. The summed E-state index contributed by atoms with van der Waals surface area (Å²) in [5.74, 6) is 1.49. The largest absolute Gasteiger partial charge is 0.468 e. The minimum absolute atomic E-state index is 0.0192. The first-order valence-electron chi connectivity index (χ1n) is 9.97. The molecule has 0 aliphatic carbocycles. The third-order valence-electron chi connectivity index (χ3n) is 4.91. The summed E-state index contributed by atoms with van der Waals surface area (Å²) in [6, 6.07) is 3.79. The van der Waals surface area contributed by atoms with Gasteiger partial charge in [-0.05, 0) is 38.6 Å². The highest BCUT2D eigenvalue weighted by Crippen LogP contribution is 2.22. The van der Waals surface area contributed by atoms with E-state index in [2.05, 4.69) is 29.4 Å². The van der Waals surface area contributed by atoms with Crippen LogP contribution in [0.5, 0.6) is 0 Å². The number of nitrogens with one attached hydrogen (secondary N) is 2. The maximum Gasteiger partial charge on any atom is 0.401 e. The number of rotatable bonds is 9. The summed E-state index contributed by atoms with van der Waals surface area (Å²) in [6.07, 6.45) is -1.83. The third kappa shape index (κ3) is 7.01. The Morgan fingerprint density at radius 1 is 1.36 bits per heavy atom. The number of guanidine groups is 1. The average molecular weight is 403 g/mol. The molecule has 1 aliphatic heterocycles. The van der Waals surface area contributed by atoms with Gasteiger partial charge in [0.15, 0.2) is 5.96 Å². The summed E-state index contributed by atoms with van der Waals surface area (Å²) < 4.78 is 43.4. The minimum atomic E-state index is -4.16. The number of likely N-dealkylation sites (N-methyl/N-ethyl adjacent to an activating group) is 1. The van der Waals surface area contributed by atoms with Gasteiger partial charge in [-0.25, -0.2) is 0 Å². The van der Waals surface area contributed by atoms with E-state index in [1.165, 1.54) is 4.90 Å². The standard InChI is InChI=1S/C19H32F3N5O/c1-4-23-18(25-15-9-10-26(13-15)14-19(20,21)22)24-12-16(27(5-2)6-3)17-8-7-11-28-17/h7-8,11,15-16H,4-6,9-10,12-14H2,1-3H3,(H2,23,24,25). The van der Waals surface area contributed by atoms with Gasteiger partial charge in [0.1, 0.15) is 5.76 Å². The molecule has 2 unspecified atom stereocenters. The van der Waals surface area contributed by atoms with Crippen molar-refractivity contribution in [2.45, 2.75) is 45.5 Å². The number of hydrogen-bond acceptors (Lipinski definition) is 4. The number of nitrogens with zero attached hydrogens (tertiary/aromatic N) is 3. The van der Waals surface area contributed by atoms with Crippen molar-refractivity contribution < 1.29 is 17.6 Å². The van der Waals surface area contributed by atoms with Crippen LogP contribution in [0.1, 0.15) is 39.0 Å². The number of hydrogen-bond donors (Lipinski definition) is 2. The van der Waals surface area contributed by atoms with Crippen molar-refractivity contribution in [2.75, 3.05) is 45.8 Å². The van der Waals surface area contributed by atoms with Crippen molar-refractivity contribution in [1.82, 2.24) is 20.4 Å². The molecule has 9 heteroatoms. The summed E-state index contributed by atoms with van der Waals surface area (Å²) in [6.45, 7) is 9.03. The van der Waals surface area contributed by atoms with E-state index in [0.717, 1.165) is 18.8 Å². The second-order valence-electron chi connectivity index (χ2n) is 6.95. The van der Waals surface area contributed by atoms with E-state index in [4.69, 9.17) is 9.41 Å². The number of likely N-dealkylation sites (tertiary alicyclic amines) is 1. The van der Waals surface area contributed by atoms with Gasteiger partial charge in [-0.3, -0.25) is 14.8 Å². The zero-order chi connectivity index (χ0) is 20.6. The van der Waals surface area contributed by atoms with E-state index < -0.39 is 12.7 Å². The van der Waals surface area contributed by atoms with Crippen molar-refractivity contribution in [3.05, 3.63) is 24.2 Å². The average Bonchev–Trinajstić information content (AvgIpc) is 3.29. The van der Waals surface area contributed by atoms with Crippen LogP contribution in [0.15, 0.2) is 27.8 Å². The Kier molecular flexibility index (Phi) is 8.62. The van der Waals surface area contributed by atoms with Gasteiger partial charge in [0.05, 0.1) is 25.4 Å². The maximum atomic E-state index is 12.6. The van der Waals surface area contributed by atoms with E-state index in [1.54, 1.807) is 6.26 Å². The van der Waals surface area contributed by atoms with Crippen molar-refractivity contribution in [2.24, 2.45) is 4.99 Å². The smallest absolute Gasteiger partial charge is 0.401 e. The number of furan rings is 1. The summed E-state index contributed by atoms with van der Waals surface area (Å²) in [5, 5.41) is 6.49. The molecule has 1 aromatic rings. The molecule has 0 aromatic carbocycles. The quantitative estimate of drug-likeness (QED) is 0.491. The topological polar surface area (TPSA) is 56.0 Å². The van der Waals surface area contributed by atoms with Crippen LogP contribution in [0.3, 0.4) is 0 Å². The summed E-state index contributed by atoms with van der Waals surface area (Å²) in [7, 11) is 0. The second-order valence-corrected chi connectivity index (χ2v) is 6.95. The van der Waals surface area contributed by atoms with Crippen LogP contribution in [-0.2, 0) is 0 Å².